The van der Waals surface area contributed by atoms with Crippen molar-refractivity contribution in [1.29, 1.82) is 5.26 Å². The van der Waals surface area contributed by atoms with Gasteiger partial charge in [-0.3, -0.25) is 5.32 Å². The molecule has 0 aliphatic rings. The fourth-order valence-corrected chi connectivity index (χ4v) is 1.72. The van der Waals surface area contributed by atoms with Gasteiger partial charge in [0.25, 0.3) is 0 Å². The Morgan fingerprint density at radius 1 is 1.33 bits per heavy atom. The molecule has 0 bridgehead atoms. The molecule has 0 heterocycles. The van der Waals surface area contributed by atoms with Crippen LogP contribution in [0.1, 0.15) is 18.9 Å². The topological polar surface area (TPSA) is 59.3 Å². The van der Waals surface area contributed by atoms with E-state index < -0.39 is 5.54 Å². The van der Waals surface area contributed by atoms with E-state index in [1.165, 1.54) is 0 Å². The minimum absolute atomic E-state index is 0.133. The van der Waals surface area contributed by atoms with E-state index in [4.69, 9.17) is 5.11 Å². The van der Waals surface area contributed by atoms with Crippen LogP contribution in [0.25, 0.3) is 0 Å². The maximum absolute atomic E-state index is 9.33. The smallest absolute Gasteiger partial charge is 0.129 e. The van der Waals surface area contributed by atoms with Gasteiger partial charge in [-0.05, 0) is 37.6 Å². The second-order valence-electron chi connectivity index (χ2n) is 4.68. The van der Waals surface area contributed by atoms with Gasteiger partial charge in [-0.25, -0.2) is 0 Å². The first-order valence-electron chi connectivity index (χ1n) is 6.08. The molecule has 1 unspecified atom stereocenters. The van der Waals surface area contributed by atoms with E-state index >= 15 is 0 Å². The third-order valence-electron chi connectivity index (χ3n) is 3.00. The summed E-state index contributed by atoms with van der Waals surface area (Å²) in [6.45, 7) is 2.61. The molecule has 0 aromatic heterocycles. The molecular formula is C14H21N3O. The molecular weight excluding hydrogens is 226 g/mol. The summed E-state index contributed by atoms with van der Waals surface area (Å²) in [6.07, 6.45) is 0.646. The molecule has 2 N–H and O–H groups in total. The predicted octanol–water partition coefficient (Wildman–Crippen LogP) is 1.46. The molecule has 4 heteroatoms. The first-order chi connectivity index (χ1) is 8.53. The first-order valence-corrected chi connectivity index (χ1v) is 6.08. The van der Waals surface area contributed by atoms with Gasteiger partial charge < -0.3 is 10.0 Å². The minimum Gasteiger partial charge on any atom is -0.396 e. The Bertz CT molecular complexity index is 408. The second kappa shape index (κ2) is 6.39. The van der Waals surface area contributed by atoms with Crippen LogP contribution < -0.4 is 10.2 Å². The van der Waals surface area contributed by atoms with Gasteiger partial charge in [-0.1, -0.05) is 12.1 Å². The van der Waals surface area contributed by atoms with E-state index in [1.807, 2.05) is 50.2 Å². The summed E-state index contributed by atoms with van der Waals surface area (Å²) >= 11 is 0. The molecule has 1 atom stereocenters. The molecule has 1 aromatic rings. The van der Waals surface area contributed by atoms with E-state index in [0.717, 1.165) is 11.3 Å². The van der Waals surface area contributed by atoms with Crippen molar-refractivity contribution >= 4 is 5.69 Å². The third kappa shape index (κ3) is 3.46. The highest BCUT2D eigenvalue weighted by Crippen LogP contribution is 2.22. The lowest BCUT2D eigenvalue weighted by molar-refractivity contribution is 0.280. The number of hydrogen-bond acceptors (Lipinski definition) is 4. The third-order valence-corrected chi connectivity index (χ3v) is 3.00. The lowest BCUT2D eigenvalue weighted by Crippen LogP contribution is -2.39. The number of anilines is 1. The molecule has 0 aliphatic carbocycles. The Labute approximate surface area is 109 Å². The average Bonchev–Trinajstić information content (AvgIpc) is 2.39. The number of aliphatic hydroxyl groups excluding tert-OH is 1. The van der Waals surface area contributed by atoms with Crippen LogP contribution in [0.5, 0.6) is 0 Å². The van der Waals surface area contributed by atoms with Crippen molar-refractivity contribution in [2.24, 2.45) is 0 Å². The highest BCUT2D eigenvalue weighted by atomic mass is 16.3. The van der Waals surface area contributed by atoms with E-state index in [1.54, 1.807) is 0 Å². The molecule has 1 aromatic carbocycles. The highest BCUT2D eigenvalue weighted by Gasteiger charge is 2.25. The van der Waals surface area contributed by atoms with Gasteiger partial charge >= 0.3 is 0 Å². The Hall–Kier alpha value is -1.57. The van der Waals surface area contributed by atoms with E-state index in [2.05, 4.69) is 11.4 Å². The predicted molar refractivity (Wildman–Crippen MR) is 73.4 cm³/mol. The fraction of sp³-hybridized carbons (Fsp3) is 0.500. The summed E-state index contributed by atoms with van der Waals surface area (Å²) in [7, 11) is 3.97. The highest BCUT2D eigenvalue weighted by molar-refractivity contribution is 5.48. The quantitative estimate of drug-likeness (QED) is 0.747. The van der Waals surface area contributed by atoms with Crippen molar-refractivity contribution < 1.29 is 5.11 Å². The van der Waals surface area contributed by atoms with Gasteiger partial charge in [0.05, 0.1) is 6.07 Å². The molecule has 0 fully saturated rings. The Morgan fingerprint density at radius 3 is 2.39 bits per heavy atom. The molecule has 4 nitrogen and oxygen atoms in total. The maximum Gasteiger partial charge on any atom is 0.129 e. The van der Waals surface area contributed by atoms with Crippen molar-refractivity contribution in [3.63, 3.8) is 0 Å². The zero-order valence-corrected chi connectivity index (χ0v) is 11.3. The Kier molecular flexibility index (Phi) is 5.14. The monoisotopic (exact) mass is 247 g/mol. The Balaban J connectivity index is 2.84. The Morgan fingerprint density at radius 2 is 1.94 bits per heavy atom. The average molecular weight is 247 g/mol. The van der Waals surface area contributed by atoms with Crippen LogP contribution in [0, 0.1) is 11.3 Å². The van der Waals surface area contributed by atoms with E-state index in [-0.39, 0.29) is 6.61 Å². The zero-order chi connectivity index (χ0) is 13.6. The van der Waals surface area contributed by atoms with Crippen LogP contribution >= 0.6 is 0 Å². The van der Waals surface area contributed by atoms with Crippen molar-refractivity contribution in [3.8, 4) is 6.07 Å². The van der Waals surface area contributed by atoms with Gasteiger partial charge in [-0.2, -0.15) is 5.26 Å². The summed E-state index contributed by atoms with van der Waals surface area (Å²) < 4.78 is 0. The molecule has 0 radical (unpaired) electrons. The fourth-order valence-electron chi connectivity index (χ4n) is 1.72. The maximum atomic E-state index is 9.33. The largest absolute Gasteiger partial charge is 0.396 e. The van der Waals surface area contributed by atoms with Crippen molar-refractivity contribution in [1.82, 2.24) is 5.32 Å². The molecule has 98 valence electrons. The van der Waals surface area contributed by atoms with Crippen molar-refractivity contribution in [2.75, 3.05) is 32.1 Å². The lowest BCUT2D eigenvalue weighted by Gasteiger charge is -2.24. The van der Waals surface area contributed by atoms with E-state index in [0.29, 0.717) is 13.0 Å². The molecule has 0 saturated heterocycles. The number of hydrogen-bond donors (Lipinski definition) is 2. The standard InChI is InChI=1S/C14H21N3O/c1-14(11-15,16-9-4-10-18)12-5-7-13(8-6-12)17(2)3/h5-8,16,18H,4,9-10H2,1-3H3. The zero-order valence-electron chi connectivity index (χ0n) is 11.3. The lowest BCUT2D eigenvalue weighted by atomic mass is 9.93. The summed E-state index contributed by atoms with van der Waals surface area (Å²) in [5.41, 5.74) is 1.34. The number of nitrogens with zero attached hydrogens (tertiary/aromatic N) is 2. The molecule has 0 spiro atoms. The molecule has 0 saturated carbocycles. The summed E-state index contributed by atoms with van der Waals surface area (Å²) in [5, 5.41) is 21.3. The first kappa shape index (κ1) is 14.5. The van der Waals surface area contributed by atoms with Crippen LogP contribution in [-0.2, 0) is 5.54 Å². The molecule has 0 amide bonds. The van der Waals surface area contributed by atoms with Crippen molar-refractivity contribution in [2.45, 2.75) is 18.9 Å². The second-order valence-corrected chi connectivity index (χ2v) is 4.68. The van der Waals surface area contributed by atoms with E-state index in [9.17, 15) is 5.26 Å². The number of benzene rings is 1. The number of rotatable bonds is 6. The summed E-state index contributed by atoms with van der Waals surface area (Å²) in [4.78, 5) is 2.02. The number of aliphatic hydroxyl groups is 1. The SMILES string of the molecule is CN(C)c1ccc(C(C)(C#N)NCCCO)cc1. The molecule has 1 rings (SSSR count). The van der Waals surface area contributed by atoms with Gasteiger partial charge in [0, 0.05) is 26.4 Å². The van der Waals surface area contributed by atoms with Gasteiger partial charge in [0.1, 0.15) is 5.54 Å². The van der Waals surface area contributed by atoms with Crippen molar-refractivity contribution in [3.05, 3.63) is 29.8 Å². The number of nitriles is 1. The van der Waals surface area contributed by atoms with Gasteiger partial charge in [0.2, 0.25) is 0 Å². The molecule has 0 aliphatic heterocycles. The minimum atomic E-state index is -0.708. The van der Waals surface area contributed by atoms with Gasteiger partial charge in [-0.15, -0.1) is 0 Å². The summed E-state index contributed by atoms with van der Waals surface area (Å²) in [5.74, 6) is 0. The normalized spacial score (nSPS) is 13.7. The number of nitrogens with one attached hydrogen (secondary N) is 1. The van der Waals surface area contributed by atoms with Gasteiger partial charge in [0.15, 0.2) is 0 Å². The van der Waals surface area contributed by atoms with Crippen LogP contribution in [-0.4, -0.2) is 32.4 Å². The van der Waals surface area contributed by atoms with Crippen LogP contribution in [0.2, 0.25) is 0 Å². The summed E-state index contributed by atoms with van der Waals surface area (Å²) in [6, 6.07) is 10.2. The molecule has 18 heavy (non-hydrogen) atoms. The van der Waals surface area contributed by atoms with Crippen LogP contribution in [0.3, 0.4) is 0 Å². The van der Waals surface area contributed by atoms with Crippen LogP contribution in [0.15, 0.2) is 24.3 Å². The van der Waals surface area contributed by atoms with Crippen LogP contribution in [0.4, 0.5) is 5.69 Å².